The maximum Gasteiger partial charge on any atom is 0.424 e. The van der Waals surface area contributed by atoms with Gasteiger partial charge >= 0.3 is 6.18 Å². The van der Waals surface area contributed by atoms with Crippen LogP contribution in [-0.4, -0.2) is 65.2 Å². The van der Waals surface area contributed by atoms with E-state index < -0.39 is 53.2 Å². The number of nitrogens with one attached hydrogen (secondary N) is 1. The van der Waals surface area contributed by atoms with Gasteiger partial charge in [0.1, 0.15) is 35.9 Å². The molecule has 3 aromatic rings. The lowest BCUT2D eigenvalue weighted by molar-refractivity contribution is -0.265. The van der Waals surface area contributed by atoms with E-state index >= 15 is 0 Å². The molecule has 2 amide bonds. The van der Waals surface area contributed by atoms with Crippen molar-refractivity contribution in [3.63, 3.8) is 0 Å². The van der Waals surface area contributed by atoms with Crippen molar-refractivity contribution < 1.29 is 51.6 Å². The van der Waals surface area contributed by atoms with E-state index in [1.54, 1.807) is 6.92 Å². The van der Waals surface area contributed by atoms with E-state index in [0.717, 1.165) is 31.0 Å². The summed E-state index contributed by atoms with van der Waals surface area (Å²) in [7, 11) is 0. The average Bonchev–Trinajstić information content (AvgIpc) is 3.74. The molecule has 1 fully saturated rings. The van der Waals surface area contributed by atoms with Crippen LogP contribution >= 0.6 is 0 Å². The highest BCUT2D eigenvalue weighted by Gasteiger charge is 2.58. The Morgan fingerprint density at radius 1 is 1.15 bits per heavy atom. The lowest BCUT2D eigenvalue weighted by atomic mass is 9.78. The van der Waals surface area contributed by atoms with Gasteiger partial charge in [0.05, 0.1) is 24.4 Å². The van der Waals surface area contributed by atoms with E-state index in [0.29, 0.717) is 0 Å². The molecule has 3 atom stereocenters. The van der Waals surface area contributed by atoms with Crippen LogP contribution in [0.15, 0.2) is 48.5 Å². The molecule has 246 valence electrons. The molecule has 2 aromatic carbocycles. The Labute approximate surface area is 261 Å². The third-order valence-corrected chi connectivity index (χ3v) is 8.05. The van der Waals surface area contributed by atoms with E-state index in [1.165, 1.54) is 37.3 Å². The zero-order valence-corrected chi connectivity index (χ0v) is 25.0. The van der Waals surface area contributed by atoms with Gasteiger partial charge in [-0.05, 0) is 74.7 Å². The molecule has 0 bridgehead atoms. The first-order valence-electron chi connectivity index (χ1n) is 14.6. The van der Waals surface area contributed by atoms with Gasteiger partial charge in [-0.25, -0.2) is 9.37 Å². The number of benzene rings is 2. The number of rotatable bonds is 12. The van der Waals surface area contributed by atoms with Crippen LogP contribution in [0.1, 0.15) is 54.7 Å². The molecule has 0 unspecified atom stereocenters. The first-order chi connectivity index (χ1) is 21.7. The summed E-state index contributed by atoms with van der Waals surface area (Å²) in [5, 5.41) is 23.0. The fraction of sp³-hybridized carbons (Fsp3) is 0.406. The van der Waals surface area contributed by atoms with Gasteiger partial charge in [-0.2, -0.15) is 13.2 Å². The number of pyridine rings is 1. The molecule has 0 saturated heterocycles. The fourth-order valence-corrected chi connectivity index (χ4v) is 5.08. The molecule has 0 radical (unpaired) electrons. The third kappa shape index (κ3) is 6.31. The van der Waals surface area contributed by atoms with Crippen LogP contribution < -0.4 is 25.3 Å². The molecule has 46 heavy (non-hydrogen) atoms. The summed E-state index contributed by atoms with van der Waals surface area (Å²) in [6.45, 7) is 1.43. The van der Waals surface area contributed by atoms with Crippen LogP contribution in [0.2, 0.25) is 0 Å². The van der Waals surface area contributed by atoms with E-state index in [-0.39, 0.29) is 65.4 Å². The lowest BCUT2D eigenvalue weighted by Crippen LogP contribution is -2.52. The number of aliphatic hydroxyl groups is 2. The predicted molar refractivity (Wildman–Crippen MR) is 156 cm³/mol. The number of halogens is 4. The molecule has 2 heterocycles. The number of ether oxygens (including phenoxy) is 3. The fourth-order valence-electron chi connectivity index (χ4n) is 5.08. The van der Waals surface area contributed by atoms with Crippen LogP contribution in [0, 0.1) is 5.82 Å². The Kier molecular flexibility index (Phi) is 8.88. The molecule has 1 aliphatic carbocycles. The maximum absolute atomic E-state index is 14.8. The standard InChI is InChI=1S/C32H33F4N3O7/c1-3-30(29(37)42)16-45-27-22(30)13-25(39-26(27)18-4-7-20(33)8-5-18)31(43,32(34,35)36)15-38-28(41)19-6-11-23(44-14-17(2)40)24(12-19)46-21-9-10-21/h4-8,11-13,17,21,40,43H,3,9-10,14-16H2,1-2H3,(H2,37,42)(H,38,41)/t17-,30+,31+/m1/s1. The first-order valence-corrected chi connectivity index (χ1v) is 14.6. The second kappa shape index (κ2) is 12.4. The number of nitrogens with zero attached hydrogens (tertiary/aromatic N) is 1. The maximum atomic E-state index is 14.8. The van der Waals surface area contributed by atoms with E-state index in [2.05, 4.69) is 10.3 Å². The highest BCUT2D eigenvalue weighted by Crippen LogP contribution is 2.49. The summed E-state index contributed by atoms with van der Waals surface area (Å²) < 4.78 is 75.1. The monoisotopic (exact) mass is 647 g/mol. The Morgan fingerprint density at radius 2 is 1.85 bits per heavy atom. The summed E-state index contributed by atoms with van der Waals surface area (Å²) in [4.78, 5) is 29.9. The van der Waals surface area contributed by atoms with Crippen molar-refractivity contribution in [1.29, 1.82) is 0 Å². The zero-order chi connectivity index (χ0) is 33.4. The summed E-state index contributed by atoms with van der Waals surface area (Å²) in [6, 6.07) is 9.61. The second-order valence-electron chi connectivity index (χ2n) is 11.5. The van der Waals surface area contributed by atoms with Gasteiger partial charge in [0, 0.05) is 16.7 Å². The highest BCUT2D eigenvalue weighted by molar-refractivity contribution is 5.95. The van der Waals surface area contributed by atoms with Gasteiger partial charge in [0.25, 0.3) is 5.91 Å². The number of hydrogen-bond donors (Lipinski definition) is 4. The van der Waals surface area contributed by atoms with Gasteiger partial charge in [0.15, 0.2) is 11.5 Å². The molecule has 5 N–H and O–H groups in total. The SMILES string of the molecule is CC[C@]1(C(N)=O)COc2c1cc([C@@](O)(CNC(=O)c1ccc(OC[C@@H](C)O)c(OC3CC3)c1)C(F)(F)F)nc2-c1ccc(F)cc1. The number of alkyl halides is 3. The van der Waals surface area contributed by atoms with Crippen LogP contribution in [0.5, 0.6) is 17.2 Å². The van der Waals surface area contributed by atoms with E-state index in [4.69, 9.17) is 19.9 Å². The van der Waals surface area contributed by atoms with Gasteiger partial charge in [0.2, 0.25) is 11.5 Å². The first kappa shape index (κ1) is 32.9. The summed E-state index contributed by atoms with van der Waals surface area (Å²) in [6.07, 6.45) is -4.65. The lowest BCUT2D eigenvalue weighted by Gasteiger charge is -2.32. The molecule has 5 rings (SSSR count). The number of hydrogen-bond acceptors (Lipinski definition) is 8. The number of primary amides is 1. The van der Waals surface area contributed by atoms with Gasteiger partial charge in [-0.1, -0.05) is 6.92 Å². The Balaban J connectivity index is 1.52. The van der Waals surface area contributed by atoms with Crippen LogP contribution in [0.4, 0.5) is 17.6 Å². The molecule has 2 aliphatic rings. The minimum atomic E-state index is -5.37. The van der Waals surface area contributed by atoms with E-state index in [1.807, 2.05) is 0 Å². The van der Waals surface area contributed by atoms with Gasteiger partial charge in [-0.3, -0.25) is 9.59 Å². The Morgan fingerprint density at radius 3 is 2.43 bits per heavy atom. The Bertz CT molecular complexity index is 1630. The Hall–Kier alpha value is -4.43. The normalized spacial score (nSPS) is 19.4. The molecule has 1 aromatic heterocycles. The van der Waals surface area contributed by atoms with Crippen LogP contribution in [0.25, 0.3) is 11.3 Å². The van der Waals surface area contributed by atoms with Crippen molar-refractivity contribution in [2.75, 3.05) is 19.8 Å². The number of aliphatic hydroxyl groups excluding tert-OH is 1. The van der Waals surface area contributed by atoms with Gasteiger partial charge < -0.3 is 35.5 Å². The van der Waals surface area contributed by atoms with Crippen molar-refractivity contribution in [2.45, 2.75) is 62.5 Å². The van der Waals surface area contributed by atoms with Crippen molar-refractivity contribution >= 4 is 11.8 Å². The van der Waals surface area contributed by atoms with Crippen molar-refractivity contribution in [3.8, 4) is 28.5 Å². The molecule has 14 heteroatoms. The number of carbonyl (C=O) groups is 2. The minimum absolute atomic E-state index is 0.0181. The van der Waals surface area contributed by atoms with E-state index in [9.17, 15) is 37.4 Å². The largest absolute Gasteiger partial charge is 0.489 e. The molecule has 1 saturated carbocycles. The molecule has 1 aliphatic heterocycles. The molecule has 0 spiro atoms. The number of nitrogens with two attached hydrogens (primary N) is 1. The predicted octanol–water partition coefficient (Wildman–Crippen LogP) is 3.89. The highest BCUT2D eigenvalue weighted by atomic mass is 19.4. The number of carbonyl (C=O) groups excluding carboxylic acids is 2. The second-order valence-corrected chi connectivity index (χ2v) is 11.5. The van der Waals surface area contributed by atoms with Crippen LogP contribution in [0.3, 0.4) is 0 Å². The van der Waals surface area contributed by atoms with Crippen LogP contribution in [-0.2, 0) is 15.8 Å². The van der Waals surface area contributed by atoms with Crippen molar-refractivity contribution in [1.82, 2.24) is 10.3 Å². The van der Waals surface area contributed by atoms with Crippen molar-refractivity contribution in [2.24, 2.45) is 5.73 Å². The number of fused-ring (bicyclic) bond motifs is 1. The minimum Gasteiger partial charge on any atom is -0.489 e. The zero-order valence-electron chi connectivity index (χ0n) is 25.0. The number of aromatic nitrogens is 1. The molecule has 10 nitrogen and oxygen atoms in total. The smallest absolute Gasteiger partial charge is 0.424 e. The van der Waals surface area contributed by atoms with Gasteiger partial charge in [-0.15, -0.1) is 0 Å². The number of amides is 2. The topological polar surface area (TPSA) is 153 Å². The third-order valence-electron chi connectivity index (χ3n) is 8.05. The quantitative estimate of drug-likeness (QED) is 0.216. The summed E-state index contributed by atoms with van der Waals surface area (Å²) in [5.41, 5.74) is -0.622. The molecular formula is C32H33F4N3O7. The average molecular weight is 648 g/mol. The van der Waals surface area contributed by atoms with Crippen molar-refractivity contribution in [3.05, 3.63) is 71.2 Å². The summed E-state index contributed by atoms with van der Waals surface area (Å²) >= 11 is 0. The molecular weight excluding hydrogens is 614 g/mol. The summed E-state index contributed by atoms with van der Waals surface area (Å²) in [5.74, 6) is -2.04.